The first kappa shape index (κ1) is 27.3. The number of nitrogens with zero attached hydrogens (tertiary/aromatic N) is 3. The van der Waals surface area contributed by atoms with E-state index < -0.39 is 73.4 Å². The van der Waals surface area contributed by atoms with Crippen molar-refractivity contribution in [3.05, 3.63) is 64.5 Å². The molecule has 202 valence electrons. The van der Waals surface area contributed by atoms with Gasteiger partial charge in [0.1, 0.15) is 11.2 Å². The summed E-state index contributed by atoms with van der Waals surface area (Å²) < 4.78 is 113. The molecule has 1 amide bonds. The number of carbonyl (C=O) groups is 1. The number of hydrogen-bond acceptors (Lipinski definition) is 7. The smallest absolute Gasteiger partial charge is 0.415 e. The minimum absolute atomic E-state index is 0.0420. The number of ether oxygens (including phenoxy) is 1. The second-order valence-electron chi connectivity index (χ2n) is 8.63. The molecule has 1 aromatic carbocycles. The molecule has 0 unspecified atom stereocenters. The van der Waals surface area contributed by atoms with E-state index in [9.17, 15) is 39.6 Å². The van der Waals surface area contributed by atoms with E-state index in [-0.39, 0.29) is 23.4 Å². The monoisotopic (exact) mass is 560 g/mol. The molecule has 2 heterocycles. The summed E-state index contributed by atoms with van der Waals surface area (Å²) >= 11 is 0. The number of anilines is 1. The van der Waals surface area contributed by atoms with E-state index in [1.165, 1.54) is 18.2 Å². The van der Waals surface area contributed by atoms with Crippen LogP contribution in [0.15, 0.2) is 35.4 Å². The number of aromatic nitrogens is 3. The Morgan fingerprint density at radius 1 is 1.11 bits per heavy atom. The molecule has 15 heteroatoms. The summed E-state index contributed by atoms with van der Waals surface area (Å²) in [5.41, 5.74) is -6.03. The fourth-order valence-electron chi connectivity index (χ4n) is 3.79. The molecular formula is C23H18F6N4O4S. The quantitative estimate of drug-likeness (QED) is 0.409. The summed E-state index contributed by atoms with van der Waals surface area (Å²) in [7, 11) is -3.69. The lowest BCUT2D eigenvalue weighted by molar-refractivity contribution is -0.142. The minimum atomic E-state index is -5.05. The average molecular weight is 560 g/mol. The lowest BCUT2D eigenvalue weighted by Crippen LogP contribution is -2.30. The van der Waals surface area contributed by atoms with Gasteiger partial charge in [0.15, 0.2) is 21.3 Å². The number of halogens is 6. The maximum atomic E-state index is 14.7. The molecule has 3 aromatic rings. The second-order valence-corrected chi connectivity index (χ2v) is 10.6. The van der Waals surface area contributed by atoms with Gasteiger partial charge in [-0.2, -0.15) is 17.6 Å². The van der Waals surface area contributed by atoms with E-state index in [1.807, 2.05) is 0 Å². The largest absolute Gasteiger partial charge is 0.435 e. The highest BCUT2D eigenvalue weighted by atomic mass is 32.2. The lowest BCUT2D eigenvalue weighted by atomic mass is 9.77. The van der Waals surface area contributed by atoms with E-state index in [0.717, 1.165) is 19.2 Å². The molecule has 0 radical (unpaired) electrons. The van der Waals surface area contributed by atoms with E-state index in [4.69, 9.17) is 4.74 Å². The highest BCUT2D eigenvalue weighted by molar-refractivity contribution is 7.90. The fourth-order valence-corrected chi connectivity index (χ4v) is 4.45. The van der Waals surface area contributed by atoms with Crippen molar-refractivity contribution in [2.45, 2.75) is 42.9 Å². The average Bonchev–Trinajstić information content (AvgIpc) is 2.79. The number of alkyl halides is 4. The molecule has 1 fully saturated rings. The third kappa shape index (κ3) is 5.14. The minimum Gasteiger partial charge on any atom is -0.415 e. The molecule has 0 aliphatic heterocycles. The van der Waals surface area contributed by atoms with E-state index in [2.05, 4.69) is 20.5 Å². The Labute approximate surface area is 212 Å². The maximum absolute atomic E-state index is 14.7. The molecular weight excluding hydrogens is 542 g/mol. The Balaban J connectivity index is 1.76. The Kier molecular flexibility index (Phi) is 6.84. The van der Waals surface area contributed by atoms with Gasteiger partial charge < -0.3 is 10.1 Å². The predicted octanol–water partition coefficient (Wildman–Crippen LogP) is 5.27. The molecule has 1 aliphatic carbocycles. The fraction of sp³-hybridized carbons (Fsp3) is 0.304. The highest BCUT2D eigenvalue weighted by Crippen LogP contribution is 2.46. The number of hydrogen-bond donors (Lipinski definition) is 1. The first-order valence-electron chi connectivity index (χ1n) is 10.9. The molecule has 0 bridgehead atoms. The van der Waals surface area contributed by atoms with Gasteiger partial charge in [-0.15, -0.1) is 10.2 Å². The van der Waals surface area contributed by atoms with Crippen LogP contribution in [0.1, 0.15) is 46.4 Å². The molecule has 0 atom stereocenters. The van der Waals surface area contributed by atoms with Gasteiger partial charge in [-0.25, -0.2) is 22.2 Å². The van der Waals surface area contributed by atoms with E-state index >= 15 is 0 Å². The summed E-state index contributed by atoms with van der Waals surface area (Å²) in [5.74, 6) is -6.66. The van der Waals surface area contributed by atoms with Crippen molar-refractivity contribution in [2.75, 3.05) is 11.6 Å². The number of benzene rings is 1. The normalized spacial score (nSPS) is 15.1. The number of amides is 1. The Bertz CT molecular complexity index is 1540. The zero-order valence-electron chi connectivity index (χ0n) is 19.7. The van der Waals surface area contributed by atoms with Crippen LogP contribution in [0.4, 0.5) is 32.0 Å². The molecule has 1 saturated carbocycles. The van der Waals surface area contributed by atoms with Crippen LogP contribution in [0.2, 0.25) is 0 Å². The SMILES string of the molecule is Cc1c(C(F)(F)F)nnc(Oc2ncc(C3(F)CCC3)c(F)c2F)c1C(=O)Nc1cccc(S(C)(=O)=O)c1. The number of pyridine rings is 1. The van der Waals surface area contributed by atoms with Crippen molar-refractivity contribution >= 4 is 21.4 Å². The van der Waals surface area contributed by atoms with Crippen molar-refractivity contribution in [3.63, 3.8) is 0 Å². The zero-order valence-corrected chi connectivity index (χ0v) is 20.5. The standard InChI is InChI=1S/C23H18F6N4O4S/c1-11-15(19(34)31-12-5-3-6-13(9-12)38(2,35)36)20(33-32-18(11)23(27,28)29)37-21-17(25)16(24)14(10-30-21)22(26)7-4-8-22/h3,5-6,9-10H,4,7-8H2,1-2H3,(H,31,34). The van der Waals surface area contributed by atoms with Gasteiger partial charge >= 0.3 is 6.18 Å². The van der Waals surface area contributed by atoms with Gasteiger partial charge in [-0.3, -0.25) is 4.79 Å². The van der Waals surface area contributed by atoms with E-state index in [0.29, 0.717) is 12.6 Å². The van der Waals surface area contributed by atoms with Gasteiger partial charge in [-0.1, -0.05) is 6.07 Å². The number of nitrogens with one attached hydrogen (secondary N) is 1. The van der Waals surface area contributed by atoms with Crippen molar-refractivity contribution in [3.8, 4) is 11.8 Å². The second kappa shape index (κ2) is 9.53. The summed E-state index contributed by atoms with van der Waals surface area (Å²) in [6.45, 7) is 0.878. The van der Waals surface area contributed by atoms with Crippen molar-refractivity contribution in [1.29, 1.82) is 0 Å². The third-order valence-electron chi connectivity index (χ3n) is 5.95. The summed E-state index contributed by atoms with van der Waals surface area (Å²) in [6.07, 6.45) is -3.06. The van der Waals surface area contributed by atoms with Crippen LogP contribution < -0.4 is 10.1 Å². The van der Waals surface area contributed by atoms with Gasteiger partial charge in [0.25, 0.3) is 17.7 Å². The van der Waals surface area contributed by atoms with Gasteiger partial charge in [0, 0.05) is 23.7 Å². The van der Waals surface area contributed by atoms with Crippen LogP contribution in [0.5, 0.6) is 11.8 Å². The van der Waals surface area contributed by atoms with Crippen LogP contribution >= 0.6 is 0 Å². The van der Waals surface area contributed by atoms with Gasteiger partial charge in [-0.05, 0) is 49.9 Å². The summed E-state index contributed by atoms with van der Waals surface area (Å²) in [6, 6.07) is 4.85. The summed E-state index contributed by atoms with van der Waals surface area (Å²) in [5, 5.41) is 8.48. The summed E-state index contributed by atoms with van der Waals surface area (Å²) in [4.78, 5) is 16.4. The predicted molar refractivity (Wildman–Crippen MR) is 120 cm³/mol. The molecule has 2 aromatic heterocycles. The van der Waals surface area contributed by atoms with Crippen LogP contribution in [-0.2, 0) is 21.7 Å². The molecule has 1 aliphatic rings. The molecule has 8 nitrogen and oxygen atoms in total. The number of sulfone groups is 1. The van der Waals surface area contributed by atoms with Gasteiger partial charge in [0.2, 0.25) is 5.82 Å². The number of rotatable bonds is 6. The number of carbonyl (C=O) groups excluding carboxylic acids is 1. The Morgan fingerprint density at radius 3 is 2.37 bits per heavy atom. The topological polar surface area (TPSA) is 111 Å². The molecule has 0 saturated heterocycles. The van der Waals surface area contributed by atoms with Crippen molar-refractivity contribution in [2.24, 2.45) is 0 Å². The first-order chi connectivity index (χ1) is 17.6. The molecule has 38 heavy (non-hydrogen) atoms. The van der Waals surface area contributed by atoms with Crippen LogP contribution in [0.25, 0.3) is 0 Å². The van der Waals surface area contributed by atoms with Crippen LogP contribution in [0.3, 0.4) is 0 Å². The lowest BCUT2D eigenvalue weighted by Gasteiger charge is -2.34. The van der Waals surface area contributed by atoms with E-state index in [1.54, 1.807) is 0 Å². The zero-order chi connectivity index (χ0) is 28.0. The third-order valence-corrected chi connectivity index (χ3v) is 7.06. The van der Waals surface area contributed by atoms with Crippen molar-refractivity contribution < 1.29 is 44.3 Å². The maximum Gasteiger partial charge on any atom is 0.435 e. The molecule has 0 spiro atoms. The Hall–Kier alpha value is -3.75. The van der Waals surface area contributed by atoms with Crippen LogP contribution in [-0.4, -0.2) is 35.8 Å². The molecule has 1 N–H and O–H groups in total. The van der Waals surface area contributed by atoms with Crippen LogP contribution in [0, 0.1) is 18.6 Å². The van der Waals surface area contributed by atoms with Crippen molar-refractivity contribution in [1.82, 2.24) is 15.2 Å². The first-order valence-corrected chi connectivity index (χ1v) is 12.8. The molecule has 4 rings (SSSR count). The highest BCUT2D eigenvalue weighted by Gasteiger charge is 2.43. The Morgan fingerprint density at radius 2 is 1.79 bits per heavy atom. The van der Waals surface area contributed by atoms with Gasteiger partial charge in [0.05, 0.1) is 4.90 Å².